The monoisotopic (exact) mass is 434 g/mol. The Hall–Kier alpha value is -2.73. The molecular weight excluding hydrogens is 408 g/mol. The van der Waals surface area contributed by atoms with Crippen molar-refractivity contribution in [2.75, 3.05) is 10.7 Å². The summed E-state index contributed by atoms with van der Waals surface area (Å²) in [4.78, 5) is 19.1. The van der Waals surface area contributed by atoms with Gasteiger partial charge in [0.25, 0.3) is 0 Å². The number of carboxylic acids is 1. The van der Waals surface area contributed by atoms with Gasteiger partial charge in [-0.25, -0.2) is 4.99 Å². The zero-order chi connectivity index (χ0) is 21.5. The van der Waals surface area contributed by atoms with E-state index in [9.17, 15) is 4.79 Å². The van der Waals surface area contributed by atoms with Crippen LogP contribution >= 0.6 is 11.8 Å². The number of aliphatic imine (C=N–C) groups is 1. The molecule has 0 bridgehead atoms. The van der Waals surface area contributed by atoms with Gasteiger partial charge >= 0.3 is 5.97 Å². The number of anilines is 1. The summed E-state index contributed by atoms with van der Waals surface area (Å²) < 4.78 is 6.45. The van der Waals surface area contributed by atoms with E-state index in [-0.39, 0.29) is 24.5 Å². The van der Waals surface area contributed by atoms with Gasteiger partial charge in [-0.3, -0.25) is 4.79 Å². The number of carboxylic acid groups (broad SMARTS) is 1. The maximum atomic E-state index is 11.1. The lowest BCUT2D eigenvalue weighted by molar-refractivity contribution is -0.137. The molecule has 1 aliphatic carbocycles. The van der Waals surface area contributed by atoms with E-state index in [0.29, 0.717) is 0 Å². The molecule has 0 aromatic heterocycles. The van der Waals surface area contributed by atoms with Gasteiger partial charge in [-0.2, -0.15) is 0 Å². The number of hydrogen-bond donors (Lipinski definition) is 1. The van der Waals surface area contributed by atoms with Crippen LogP contribution in [0.1, 0.15) is 55.4 Å². The fraction of sp³-hybridized carbons (Fsp3) is 0.360. The number of ether oxygens (including phenoxy) is 1. The predicted molar refractivity (Wildman–Crippen MR) is 124 cm³/mol. The van der Waals surface area contributed by atoms with Crippen LogP contribution in [0.2, 0.25) is 0 Å². The third-order valence-electron chi connectivity index (χ3n) is 6.40. The first kappa shape index (κ1) is 20.2. The lowest BCUT2D eigenvalue weighted by Crippen LogP contribution is -2.38. The summed E-state index contributed by atoms with van der Waals surface area (Å²) in [6, 6.07) is 12.9. The first-order chi connectivity index (χ1) is 15.0. The summed E-state index contributed by atoms with van der Waals surface area (Å²) in [6.45, 7) is 4.25. The van der Waals surface area contributed by atoms with Gasteiger partial charge in [-0.15, -0.1) is 11.8 Å². The molecule has 31 heavy (non-hydrogen) atoms. The Balaban J connectivity index is 1.38. The summed E-state index contributed by atoms with van der Waals surface area (Å²) in [5.74, 6) is 2.05. The summed E-state index contributed by atoms with van der Waals surface area (Å²) in [5.41, 5.74) is 4.96. The predicted octanol–water partition coefficient (Wildman–Crippen LogP) is 5.56. The Kier molecular flexibility index (Phi) is 5.26. The molecule has 2 heterocycles. The average molecular weight is 435 g/mol. The second kappa shape index (κ2) is 8.08. The molecule has 1 N–H and O–H groups in total. The van der Waals surface area contributed by atoms with Gasteiger partial charge in [0.15, 0.2) is 0 Å². The van der Waals surface area contributed by atoms with Crippen LogP contribution in [0.4, 0.5) is 5.69 Å². The minimum atomic E-state index is -0.740. The van der Waals surface area contributed by atoms with Crippen molar-refractivity contribution in [1.82, 2.24) is 0 Å². The maximum Gasteiger partial charge on any atom is 0.303 e. The normalized spacial score (nSPS) is 24.0. The zero-order valence-electron chi connectivity index (χ0n) is 17.7. The lowest BCUT2D eigenvalue weighted by atomic mass is 9.98. The van der Waals surface area contributed by atoms with Gasteiger partial charge in [-0.05, 0) is 67.7 Å². The molecule has 2 aliphatic heterocycles. The average Bonchev–Trinajstić information content (AvgIpc) is 3.32. The molecule has 3 atom stereocenters. The summed E-state index contributed by atoms with van der Waals surface area (Å²) in [5, 5.41) is 9.14. The zero-order valence-corrected chi connectivity index (χ0v) is 18.6. The summed E-state index contributed by atoms with van der Waals surface area (Å²) in [7, 11) is 0. The van der Waals surface area contributed by atoms with E-state index in [2.05, 4.69) is 54.1 Å². The van der Waals surface area contributed by atoms with Gasteiger partial charge in [0.1, 0.15) is 17.7 Å². The van der Waals surface area contributed by atoms with Crippen molar-refractivity contribution in [3.8, 4) is 5.75 Å². The third-order valence-corrected chi connectivity index (χ3v) is 7.63. The van der Waals surface area contributed by atoms with Crippen molar-refractivity contribution in [3.63, 3.8) is 0 Å². The molecule has 2 unspecified atom stereocenters. The second-order valence-corrected chi connectivity index (χ2v) is 9.49. The van der Waals surface area contributed by atoms with Crippen LogP contribution in [0.25, 0.3) is 0 Å². The van der Waals surface area contributed by atoms with Crippen LogP contribution in [-0.2, 0) is 11.2 Å². The van der Waals surface area contributed by atoms with E-state index in [1.807, 2.05) is 18.3 Å². The highest BCUT2D eigenvalue weighted by atomic mass is 32.2. The van der Waals surface area contributed by atoms with Crippen LogP contribution in [-0.4, -0.2) is 28.7 Å². The molecule has 0 spiro atoms. The van der Waals surface area contributed by atoms with E-state index in [1.165, 1.54) is 16.8 Å². The smallest absolute Gasteiger partial charge is 0.303 e. The first-order valence-electron chi connectivity index (χ1n) is 10.8. The standard InChI is InChI=1S/C25H26N2O3S/c1-15-10-11-26-16(2)27(15)22-5-3-4-21-20(22)8-9-23(21)30-18-6-7-19-17(12-25(28)29)14-31-24(19)13-18/h3-7,10-11,13,15,17,23H,8-9,12,14H2,1-2H3,(H,28,29)/t15?,17-,23?/m1/s1. The maximum absolute atomic E-state index is 11.1. The highest BCUT2D eigenvalue weighted by molar-refractivity contribution is 7.99. The molecule has 0 radical (unpaired) electrons. The molecule has 0 saturated heterocycles. The van der Waals surface area contributed by atoms with E-state index < -0.39 is 5.97 Å². The Labute approximate surface area is 186 Å². The fourth-order valence-corrected chi connectivity index (χ4v) is 6.21. The molecular formula is C25H26N2O3S. The molecule has 2 aromatic carbocycles. The van der Waals surface area contributed by atoms with Crippen LogP contribution in [0.3, 0.4) is 0 Å². The molecule has 5 rings (SSSR count). The lowest BCUT2D eigenvalue weighted by Gasteiger charge is -2.32. The topological polar surface area (TPSA) is 62.1 Å². The number of thioether (sulfide) groups is 1. The van der Waals surface area contributed by atoms with Crippen molar-refractivity contribution >= 4 is 29.3 Å². The van der Waals surface area contributed by atoms with Crippen molar-refractivity contribution < 1.29 is 14.6 Å². The van der Waals surface area contributed by atoms with Gasteiger partial charge in [0.05, 0.1) is 12.5 Å². The molecule has 5 nitrogen and oxygen atoms in total. The quantitative estimate of drug-likeness (QED) is 0.668. The Morgan fingerprint density at radius 3 is 2.97 bits per heavy atom. The third kappa shape index (κ3) is 3.74. The molecule has 160 valence electrons. The Morgan fingerprint density at radius 2 is 2.16 bits per heavy atom. The summed E-state index contributed by atoms with van der Waals surface area (Å²) >= 11 is 1.73. The molecule has 0 saturated carbocycles. The number of aliphatic carboxylic acids is 1. The van der Waals surface area contributed by atoms with Gasteiger partial charge in [-0.1, -0.05) is 18.2 Å². The van der Waals surface area contributed by atoms with Crippen LogP contribution in [0, 0.1) is 0 Å². The summed E-state index contributed by atoms with van der Waals surface area (Å²) in [6.07, 6.45) is 6.16. The van der Waals surface area contributed by atoms with Crippen LogP contribution in [0.5, 0.6) is 5.75 Å². The Morgan fingerprint density at radius 1 is 1.29 bits per heavy atom. The first-order valence-corrected chi connectivity index (χ1v) is 11.8. The number of rotatable bonds is 5. The fourth-order valence-electron chi connectivity index (χ4n) is 4.93. The highest BCUT2D eigenvalue weighted by Gasteiger charge is 2.31. The minimum Gasteiger partial charge on any atom is -0.486 e. The minimum absolute atomic E-state index is 0.0297. The van der Waals surface area contributed by atoms with Crippen molar-refractivity contribution in [1.29, 1.82) is 0 Å². The van der Waals surface area contributed by atoms with Crippen LogP contribution < -0.4 is 9.64 Å². The molecule has 6 heteroatoms. The van der Waals surface area contributed by atoms with Crippen molar-refractivity contribution in [3.05, 3.63) is 65.4 Å². The number of carbonyl (C=O) groups is 1. The van der Waals surface area contributed by atoms with E-state index in [4.69, 9.17) is 9.84 Å². The van der Waals surface area contributed by atoms with Crippen LogP contribution in [0.15, 0.2) is 58.6 Å². The van der Waals surface area contributed by atoms with Crippen molar-refractivity contribution in [2.24, 2.45) is 4.99 Å². The van der Waals surface area contributed by atoms with Gasteiger partial charge in [0.2, 0.25) is 0 Å². The van der Waals surface area contributed by atoms with E-state index in [1.54, 1.807) is 11.8 Å². The second-order valence-electron chi connectivity index (χ2n) is 8.42. The molecule has 0 amide bonds. The number of fused-ring (bicyclic) bond motifs is 2. The van der Waals surface area contributed by atoms with Gasteiger partial charge in [0, 0.05) is 28.5 Å². The van der Waals surface area contributed by atoms with Crippen molar-refractivity contribution in [2.45, 2.75) is 56.1 Å². The Bertz CT molecular complexity index is 1090. The van der Waals surface area contributed by atoms with Gasteiger partial charge < -0.3 is 14.7 Å². The number of nitrogens with zero attached hydrogens (tertiary/aromatic N) is 2. The molecule has 3 aliphatic rings. The van der Waals surface area contributed by atoms with E-state index >= 15 is 0 Å². The number of benzene rings is 2. The van der Waals surface area contributed by atoms with E-state index in [0.717, 1.165) is 40.6 Å². The molecule has 2 aromatic rings. The SMILES string of the molecule is CC1=NC=CC(C)N1c1cccc2c1CCC2Oc1ccc2c(c1)SC[C@H]2CC(=O)O. The highest BCUT2D eigenvalue weighted by Crippen LogP contribution is 2.45. The molecule has 0 fully saturated rings. The number of amidine groups is 1. The largest absolute Gasteiger partial charge is 0.486 e. The number of hydrogen-bond acceptors (Lipinski definition) is 5.